The minimum absolute atomic E-state index is 0.00707. The van der Waals surface area contributed by atoms with Gasteiger partial charge < -0.3 is 9.47 Å². The molecule has 0 radical (unpaired) electrons. The second kappa shape index (κ2) is 9.05. The molecule has 3 rings (SSSR count). The van der Waals surface area contributed by atoms with Crippen LogP contribution in [0.2, 0.25) is 0 Å². The van der Waals surface area contributed by atoms with Gasteiger partial charge in [0.15, 0.2) is 0 Å². The lowest BCUT2D eigenvalue weighted by molar-refractivity contribution is 0.243. The molecule has 170 valence electrons. The Morgan fingerprint density at radius 3 is 2.35 bits per heavy atom. The van der Waals surface area contributed by atoms with Crippen LogP contribution in [0, 0.1) is 0 Å². The zero-order chi connectivity index (χ0) is 22.8. The van der Waals surface area contributed by atoms with Gasteiger partial charge in [-0.25, -0.2) is 16.8 Å². The quantitative estimate of drug-likeness (QED) is 0.606. The maximum atomic E-state index is 13.1. The molecule has 1 N–H and O–H groups in total. The van der Waals surface area contributed by atoms with Crippen molar-refractivity contribution < 1.29 is 26.3 Å². The van der Waals surface area contributed by atoms with Gasteiger partial charge in [0.2, 0.25) is 10.0 Å². The molecule has 0 fully saturated rings. The summed E-state index contributed by atoms with van der Waals surface area (Å²) in [7, 11) is -7.75. The van der Waals surface area contributed by atoms with Crippen molar-refractivity contribution in [2.75, 3.05) is 24.4 Å². The lowest BCUT2D eigenvalue weighted by atomic mass is 10.2. The molecule has 0 atom stereocenters. The summed E-state index contributed by atoms with van der Waals surface area (Å²) in [5.74, 6) is 0.927. The van der Waals surface area contributed by atoms with Crippen molar-refractivity contribution in [3.8, 4) is 11.5 Å². The smallest absolute Gasteiger partial charge is 0.262 e. The number of sulfonamides is 2. The molecular formula is C21H28N2O6S2. The fourth-order valence-corrected chi connectivity index (χ4v) is 5.95. The Kier molecular flexibility index (Phi) is 6.82. The molecule has 1 aliphatic heterocycles. The summed E-state index contributed by atoms with van der Waals surface area (Å²) in [5.41, 5.74) is 0.887. The molecule has 1 heterocycles. The van der Waals surface area contributed by atoms with Gasteiger partial charge in [-0.3, -0.25) is 4.72 Å². The van der Waals surface area contributed by atoms with Crippen LogP contribution >= 0.6 is 0 Å². The first-order chi connectivity index (χ1) is 14.6. The second-order valence-electron chi connectivity index (χ2n) is 7.39. The van der Waals surface area contributed by atoms with Crippen LogP contribution in [0.25, 0.3) is 0 Å². The third kappa shape index (κ3) is 4.97. The first-order valence-corrected chi connectivity index (χ1v) is 13.1. The van der Waals surface area contributed by atoms with Gasteiger partial charge in [0.25, 0.3) is 10.0 Å². The highest BCUT2D eigenvalue weighted by Crippen LogP contribution is 2.33. The standard InChI is InChI=1S/C21H28N2O6S2/c1-5-23(6-2)31(26,27)18-8-10-21(29-15(3)4)19(14-18)22-30(24,25)17-7-9-20-16(13-17)11-12-28-20/h7-10,13-15,22H,5-6,11-12H2,1-4H3. The van der Waals surface area contributed by atoms with Crippen molar-refractivity contribution >= 4 is 25.7 Å². The van der Waals surface area contributed by atoms with E-state index in [9.17, 15) is 16.8 Å². The number of fused-ring (bicyclic) bond motifs is 1. The normalized spacial score (nSPS) is 13.9. The highest BCUT2D eigenvalue weighted by molar-refractivity contribution is 7.92. The van der Waals surface area contributed by atoms with Crippen LogP contribution in [0.3, 0.4) is 0 Å². The summed E-state index contributed by atoms with van der Waals surface area (Å²) in [6, 6.07) is 8.87. The third-order valence-electron chi connectivity index (χ3n) is 4.87. The number of nitrogens with one attached hydrogen (secondary N) is 1. The van der Waals surface area contributed by atoms with Gasteiger partial charge in [0, 0.05) is 19.5 Å². The number of ether oxygens (including phenoxy) is 2. The fourth-order valence-electron chi connectivity index (χ4n) is 3.35. The van der Waals surface area contributed by atoms with Crippen molar-refractivity contribution in [1.29, 1.82) is 0 Å². The summed E-state index contributed by atoms with van der Waals surface area (Å²) in [6.45, 7) is 8.24. The molecular weight excluding hydrogens is 440 g/mol. The van der Waals surface area contributed by atoms with E-state index < -0.39 is 20.0 Å². The van der Waals surface area contributed by atoms with Gasteiger partial charge in [-0.2, -0.15) is 4.31 Å². The average molecular weight is 469 g/mol. The molecule has 0 spiro atoms. The van der Waals surface area contributed by atoms with Gasteiger partial charge in [-0.15, -0.1) is 0 Å². The Morgan fingerprint density at radius 1 is 1.03 bits per heavy atom. The molecule has 0 aliphatic carbocycles. The Bertz CT molecular complexity index is 1160. The van der Waals surface area contributed by atoms with E-state index in [1.165, 1.54) is 28.6 Å². The topological polar surface area (TPSA) is 102 Å². The largest absolute Gasteiger partial charge is 0.493 e. The predicted octanol–water partition coefficient (Wildman–Crippen LogP) is 3.24. The molecule has 1 aliphatic rings. The van der Waals surface area contributed by atoms with Gasteiger partial charge in [0.1, 0.15) is 11.5 Å². The minimum atomic E-state index is -3.98. The number of nitrogens with zero attached hydrogens (tertiary/aromatic N) is 1. The highest BCUT2D eigenvalue weighted by atomic mass is 32.2. The van der Waals surface area contributed by atoms with Crippen molar-refractivity contribution in [3.63, 3.8) is 0 Å². The molecule has 0 unspecified atom stereocenters. The molecule has 2 aromatic rings. The van der Waals surface area contributed by atoms with E-state index in [-0.39, 0.29) is 27.3 Å². The fraction of sp³-hybridized carbons (Fsp3) is 0.429. The van der Waals surface area contributed by atoms with E-state index in [0.29, 0.717) is 31.9 Å². The Morgan fingerprint density at radius 2 is 1.71 bits per heavy atom. The number of rotatable bonds is 9. The SMILES string of the molecule is CCN(CC)S(=O)(=O)c1ccc(OC(C)C)c(NS(=O)(=O)c2ccc3c(c2)CCO3)c1. The van der Waals surface area contributed by atoms with Gasteiger partial charge in [-0.1, -0.05) is 13.8 Å². The summed E-state index contributed by atoms with van der Waals surface area (Å²) in [5, 5.41) is 0. The molecule has 0 bridgehead atoms. The molecule has 8 nitrogen and oxygen atoms in total. The molecule has 0 saturated carbocycles. The Balaban J connectivity index is 2.03. The number of benzene rings is 2. The lowest BCUT2D eigenvalue weighted by Crippen LogP contribution is -2.30. The van der Waals surface area contributed by atoms with E-state index in [0.717, 1.165) is 5.56 Å². The van der Waals surface area contributed by atoms with E-state index in [2.05, 4.69) is 4.72 Å². The van der Waals surface area contributed by atoms with Gasteiger partial charge >= 0.3 is 0 Å². The summed E-state index contributed by atoms with van der Waals surface area (Å²) < 4.78 is 67.0. The second-order valence-corrected chi connectivity index (χ2v) is 11.0. The van der Waals surface area contributed by atoms with E-state index in [4.69, 9.17) is 9.47 Å². The van der Waals surface area contributed by atoms with Crippen molar-refractivity contribution in [2.45, 2.75) is 50.0 Å². The van der Waals surface area contributed by atoms with Crippen LogP contribution in [-0.4, -0.2) is 46.9 Å². The first kappa shape index (κ1) is 23.4. The Labute approximate surface area is 184 Å². The number of hydrogen-bond acceptors (Lipinski definition) is 6. The number of hydrogen-bond donors (Lipinski definition) is 1. The molecule has 0 aromatic heterocycles. The molecule has 31 heavy (non-hydrogen) atoms. The maximum Gasteiger partial charge on any atom is 0.262 e. The third-order valence-corrected chi connectivity index (χ3v) is 8.28. The lowest BCUT2D eigenvalue weighted by Gasteiger charge is -2.21. The van der Waals surface area contributed by atoms with E-state index >= 15 is 0 Å². The summed E-state index contributed by atoms with van der Waals surface area (Å²) in [6.07, 6.45) is 0.406. The van der Waals surface area contributed by atoms with Gasteiger partial charge in [-0.05, 0) is 55.8 Å². The average Bonchev–Trinajstić information content (AvgIpc) is 3.17. The van der Waals surface area contributed by atoms with Crippen molar-refractivity contribution in [1.82, 2.24) is 4.31 Å². The minimum Gasteiger partial charge on any atom is -0.493 e. The zero-order valence-corrected chi connectivity index (χ0v) is 19.7. The van der Waals surface area contributed by atoms with Crippen molar-refractivity contribution in [3.05, 3.63) is 42.0 Å². The molecule has 2 aromatic carbocycles. The van der Waals surface area contributed by atoms with Crippen LogP contribution in [0.1, 0.15) is 33.3 Å². The monoisotopic (exact) mass is 468 g/mol. The molecule has 0 amide bonds. The number of anilines is 1. The maximum absolute atomic E-state index is 13.1. The summed E-state index contributed by atoms with van der Waals surface area (Å²) in [4.78, 5) is 0.0663. The van der Waals surface area contributed by atoms with E-state index in [1.807, 2.05) is 0 Å². The predicted molar refractivity (Wildman–Crippen MR) is 119 cm³/mol. The van der Waals surface area contributed by atoms with Crippen LogP contribution in [0.4, 0.5) is 5.69 Å². The molecule has 10 heteroatoms. The van der Waals surface area contributed by atoms with Gasteiger partial charge in [0.05, 0.1) is 28.2 Å². The van der Waals surface area contributed by atoms with Crippen LogP contribution < -0.4 is 14.2 Å². The van der Waals surface area contributed by atoms with Crippen LogP contribution in [-0.2, 0) is 26.5 Å². The zero-order valence-electron chi connectivity index (χ0n) is 18.1. The van der Waals surface area contributed by atoms with E-state index in [1.54, 1.807) is 39.8 Å². The Hall–Kier alpha value is -2.30. The first-order valence-electron chi connectivity index (χ1n) is 10.2. The summed E-state index contributed by atoms with van der Waals surface area (Å²) >= 11 is 0. The van der Waals surface area contributed by atoms with Crippen LogP contribution in [0.5, 0.6) is 11.5 Å². The highest BCUT2D eigenvalue weighted by Gasteiger charge is 2.25. The van der Waals surface area contributed by atoms with Crippen molar-refractivity contribution in [2.24, 2.45) is 0 Å². The van der Waals surface area contributed by atoms with Crippen LogP contribution in [0.15, 0.2) is 46.2 Å². The molecule has 0 saturated heterocycles.